The normalized spacial score (nSPS) is 12.7. The van der Waals surface area contributed by atoms with Crippen LogP contribution < -0.4 is 0 Å². The third kappa shape index (κ3) is 2.69. The van der Waals surface area contributed by atoms with Gasteiger partial charge in [-0.15, -0.1) is 0 Å². The van der Waals surface area contributed by atoms with Crippen molar-refractivity contribution in [1.29, 1.82) is 0 Å². The average molecular weight is 308 g/mol. The van der Waals surface area contributed by atoms with E-state index in [9.17, 15) is 27.1 Å². The molecule has 0 saturated carbocycles. The van der Waals surface area contributed by atoms with Crippen molar-refractivity contribution in [1.82, 2.24) is 0 Å². The summed E-state index contributed by atoms with van der Waals surface area (Å²) in [5.41, 5.74) is -0.366. The van der Waals surface area contributed by atoms with Crippen LogP contribution in [-0.4, -0.2) is 5.11 Å². The monoisotopic (exact) mass is 308 g/mol. The standard InChI is InChI=1S/C13H9F5OS/c14-9-8(10(15)12(17)13(18)11(9)16)7(19)2-1-6-3-4-20-5-6/h3-5,7,19H,1-2H2. The fourth-order valence-corrected chi connectivity index (χ4v) is 2.50. The molecule has 0 saturated heterocycles. The zero-order valence-electron chi connectivity index (χ0n) is 9.97. The highest BCUT2D eigenvalue weighted by Crippen LogP contribution is 2.30. The Bertz CT molecular complexity index is 583. The van der Waals surface area contributed by atoms with Gasteiger partial charge in [-0.2, -0.15) is 11.3 Å². The van der Waals surface area contributed by atoms with Crippen LogP contribution in [0, 0.1) is 29.1 Å². The van der Waals surface area contributed by atoms with Crippen LogP contribution >= 0.6 is 11.3 Å². The van der Waals surface area contributed by atoms with E-state index in [0.29, 0.717) is 0 Å². The molecule has 0 aliphatic rings. The van der Waals surface area contributed by atoms with Crippen LogP contribution in [-0.2, 0) is 6.42 Å². The highest BCUT2D eigenvalue weighted by molar-refractivity contribution is 7.07. The van der Waals surface area contributed by atoms with Crippen molar-refractivity contribution in [2.45, 2.75) is 18.9 Å². The van der Waals surface area contributed by atoms with E-state index in [4.69, 9.17) is 0 Å². The number of aliphatic hydroxyl groups is 1. The lowest BCUT2D eigenvalue weighted by Crippen LogP contribution is -2.12. The molecule has 108 valence electrons. The van der Waals surface area contributed by atoms with Gasteiger partial charge in [0.1, 0.15) is 0 Å². The summed E-state index contributed by atoms with van der Waals surface area (Å²) in [4.78, 5) is 0. The SMILES string of the molecule is OC(CCc1ccsc1)c1c(F)c(F)c(F)c(F)c1F. The molecule has 1 aromatic carbocycles. The van der Waals surface area contributed by atoms with Crippen LogP contribution in [0.3, 0.4) is 0 Å². The molecule has 2 rings (SSSR count). The van der Waals surface area contributed by atoms with Crippen molar-refractivity contribution >= 4 is 11.3 Å². The number of aliphatic hydroxyl groups excluding tert-OH is 1. The minimum absolute atomic E-state index is 0.144. The lowest BCUT2D eigenvalue weighted by Gasteiger charge is -2.14. The van der Waals surface area contributed by atoms with Gasteiger partial charge in [-0.1, -0.05) is 0 Å². The molecule has 1 N–H and O–H groups in total. The molecule has 0 amide bonds. The molecule has 1 nitrogen and oxygen atoms in total. The summed E-state index contributed by atoms with van der Waals surface area (Å²) in [6.45, 7) is 0. The third-order valence-corrected chi connectivity index (χ3v) is 3.60. The van der Waals surface area contributed by atoms with Gasteiger partial charge in [-0.3, -0.25) is 0 Å². The molecule has 0 bridgehead atoms. The predicted octanol–water partition coefficient (Wildman–Crippen LogP) is 4.11. The van der Waals surface area contributed by atoms with E-state index in [1.54, 1.807) is 16.8 Å². The predicted molar refractivity (Wildman–Crippen MR) is 63.8 cm³/mol. The van der Waals surface area contributed by atoms with Crippen molar-refractivity contribution in [2.75, 3.05) is 0 Å². The number of benzene rings is 1. The summed E-state index contributed by atoms with van der Waals surface area (Å²) in [6.07, 6.45) is -1.64. The van der Waals surface area contributed by atoms with E-state index in [1.165, 1.54) is 11.3 Å². The van der Waals surface area contributed by atoms with E-state index >= 15 is 0 Å². The van der Waals surface area contributed by atoms with Gasteiger partial charge in [0, 0.05) is 0 Å². The van der Waals surface area contributed by atoms with Crippen LogP contribution in [0.4, 0.5) is 22.0 Å². The van der Waals surface area contributed by atoms with Crippen molar-refractivity contribution in [3.8, 4) is 0 Å². The number of aryl methyl sites for hydroxylation is 1. The lowest BCUT2D eigenvalue weighted by molar-refractivity contribution is 0.154. The number of halogens is 5. The van der Waals surface area contributed by atoms with Crippen molar-refractivity contribution in [2.24, 2.45) is 0 Å². The van der Waals surface area contributed by atoms with E-state index in [1.807, 2.05) is 0 Å². The molecule has 2 aromatic rings. The first-order chi connectivity index (χ1) is 9.43. The van der Waals surface area contributed by atoms with Crippen molar-refractivity contribution in [3.05, 3.63) is 57.0 Å². The van der Waals surface area contributed by atoms with Gasteiger partial charge in [-0.25, -0.2) is 22.0 Å². The number of hydrogen-bond acceptors (Lipinski definition) is 2. The summed E-state index contributed by atoms with van der Waals surface area (Å²) < 4.78 is 65.8. The molecule has 0 aliphatic carbocycles. The summed E-state index contributed by atoms with van der Waals surface area (Å²) in [5.74, 6) is -10.3. The summed E-state index contributed by atoms with van der Waals surface area (Å²) in [6, 6.07) is 1.75. The maximum atomic E-state index is 13.4. The van der Waals surface area contributed by atoms with Crippen molar-refractivity contribution < 1.29 is 27.1 Å². The third-order valence-electron chi connectivity index (χ3n) is 2.86. The van der Waals surface area contributed by atoms with Crippen LogP contribution in [0.5, 0.6) is 0 Å². The molecule has 0 spiro atoms. The van der Waals surface area contributed by atoms with Gasteiger partial charge in [0.25, 0.3) is 0 Å². The molecular formula is C13H9F5OS. The second kappa shape index (κ2) is 5.88. The van der Waals surface area contributed by atoms with Gasteiger partial charge in [0.05, 0.1) is 11.7 Å². The van der Waals surface area contributed by atoms with E-state index in [0.717, 1.165) is 5.56 Å². The minimum Gasteiger partial charge on any atom is -0.388 e. The van der Waals surface area contributed by atoms with Crippen molar-refractivity contribution in [3.63, 3.8) is 0 Å². The highest BCUT2D eigenvalue weighted by atomic mass is 32.1. The maximum absolute atomic E-state index is 13.4. The number of rotatable bonds is 4. The summed E-state index contributed by atoms with van der Waals surface area (Å²) in [7, 11) is 0. The first-order valence-corrected chi connectivity index (χ1v) is 6.58. The summed E-state index contributed by atoms with van der Waals surface area (Å²) in [5, 5.41) is 13.2. The van der Waals surface area contributed by atoms with Crippen LogP contribution in [0.2, 0.25) is 0 Å². The second-order valence-corrected chi connectivity index (χ2v) is 4.95. The largest absolute Gasteiger partial charge is 0.388 e. The first kappa shape index (κ1) is 14.9. The first-order valence-electron chi connectivity index (χ1n) is 5.64. The minimum atomic E-state index is -2.23. The molecule has 0 radical (unpaired) electrons. The molecule has 0 fully saturated rings. The summed E-state index contributed by atoms with van der Waals surface area (Å²) >= 11 is 1.40. The van der Waals surface area contributed by atoms with Crippen LogP contribution in [0.15, 0.2) is 16.8 Å². The molecule has 1 atom stereocenters. The van der Waals surface area contributed by atoms with Gasteiger partial charge in [-0.05, 0) is 35.2 Å². The molecule has 1 heterocycles. The number of thiophene rings is 1. The Balaban J connectivity index is 2.27. The van der Waals surface area contributed by atoms with E-state index in [2.05, 4.69) is 0 Å². The average Bonchev–Trinajstić information content (AvgIpc) is 2.94. The Labute approximate surface area is 115 Å². The van der Waals surface area contributed by atoms with Gasteiger partial charge >= 0.3 is 0 Å². The molecular weight excluding hydrogens is 299 g/mol. The fraction of sp³-hybridized carbons (Fsp3) is 0.231. The van der Waals surface area contributed by atoms with Gasteiger partial charge in [0.2, 0.25) is 5.82 Å². The quantitative estimate of drug-likeness (QED) is 0.512. The molecule has 1 unspecified atom stereocenters. The smallest absolute Gasteiger partial charge is 0.200 e. The molecule has 1 aromatic heterocycles. The zero-order chi connectivity index (χ0) is 14.9. The Kier molecular flexibility index (Phi) is 4.39. The lowest BCUT2D eigenvalue weighted by atomic mass is 10.0. The van der Waals surface area contributed by atoms with E-state index in [-0.39, 0.29) is 12.8 Å². The zero-order valence-corrected chi connectivity index (χ0v) is 10.8. The molecule has 0 aliphatic heterocycles. The Hall–Kier alpha value is -1.47. The highest BCUT2D eigenvalue weighted by Gasteiger charge is 2.29. The van der Waals surface area contributed by atoms with Gasteiger partial charge in [0.15, 0.2) is 23.3 Å². The Morgan fingerprint density at radius 1 is 0.950 bits per heavy atom. The fourth-order valence-electron chi connectivity index (χ4n) is 1.80. The second-order valence-electron chi connectivity index (χ2n) is 4.17. The molecule has 20 heavy (non-hydrogen) atoms. The van der Waals surface area contributed by atoms with Crippen LogP contribution in [0.25, 0.3) is 0 Å². The van der Waals surface area contributed by atoms with Gasteiger partial charge < -0.3 is 5.11 Å². The maximum Gasteiger partial charge on any atom is 0.200 e. The Morgan fingerprint density at radius 3 is 2.00 bits per heavy atom. The number of hydrogen-bond donors (Lipinski definition) is 1. The topological polar surface area (TPSA) is 20.2 Å². The molecule has 7 heteroatoms. The van der Waals surface area contributed by atoms with Crippen LogP contribution in [0.1, 0.15) is 23.7 Å². The Morgan fingerprint density at radius 2 is 1.50 bits per heavy atom. The van der Waals surface area contributed by atoms with E-state index < -0.39 is 40.8 Å².